The Balaban J connectivity index is 2.87. The third-order valence-corrected chi connectivity index (χ3v) is 3.17. The van der Waals surface area contributed by atoms with Gasteiger partial charge in [-0.15, -0.1) is 0 Å². The van der Waals surface area contributed by atoms with Gasteiger partial charge in [-0.3, -0.25) is 0 Å². The Kier molecular flexibility index (Phi) is 5.22. The number of pyridine rings is 1. The predicted molar refractivity (Wildman–Crippen MR) is 72.8 cm³/mol. The highest BCUT2D eigenvalue weighted by Gasteiger charge is 2.09. The maximum Gasteiger partial charge on any atom is 0.128 e. The number of hydrogen-bond donors (Lipinski definition) is 1. The molecule has 2 N–H and O–H groups in total. The van der Waals surface area contributed by atoms with Gasteiger partial charge < -0.3 is 10.6 Å². The van der Waals surface area contributed by atoms with Crippen LogP contribution >= 0.6 is 15.9 Å². The maximum atomic E-state index is 5.63. The Labute approximate surface area is 106 Å². The van der Waals surface area contributed by atoms with E-state index in [2.05, 4.69) is 52.7 Å². The molecular formula is C12H20BrN3. The zero-order valence-electron chi connectivity index (χ0n) is 10.2. The number of nitrogens with zero attached hydrogens (tertiary/aromatic N) is 2. The fraction of sp³-hybridized carbons (Fsp3) is 0.583. The molecule has 1 aromatic heterocycles. The summed E-state index contributed by atoms with van der Waals surface area (Å²) >= 11 is 3.46. The van der Waals surface area contributed by atoms with Crippen molar-refractivity contribution in [3.05, 3.63) is 22.3 Å². The van der Waals surface area contributed by atoms with Crippen LogP contribution in [-0.2, 0) is 0 Å². The molecule has 0 atom stereocenters. The standard InChI is InChI=1S/C12H20BrN3/c1-9(2)8-16(5-4-14)12-6-10(3)11(13)7-15-12/h6-7,9H,4-5,8,14H2,1-3H3. The van der Waals surface area contributed by atoms with Crippen molar-refractivity contribution in [2.24, 2.45) is 11.7 Å². The molecule has 0 bridgehead atoms. The van der Waals surface area contributed by atoms with Gasteiger partial charge in [0.1, 0.15) is 5.82 Å². The van der Waals surface area contributed by atoms with Gasteiger partial charge in [-0.2, -0.15) is 0 Å². The number of aromatic nitrogens is 1. The molecule has 16 heavy (non-hydrogen) atoms. The first-order chi connectivity index (χ1) is 7.54. The van der Waals surface area contributed by atoms with Crippen LogP contribution in [0.5, 0.6) is 0 Å². The van der Waals surface area contributed by atoms with Crippen LogP contribution in [0, 0.1) is 12.8 Å². The van der Waals surface area contributed by atoms with E-state index in [0.717, 1.165) is 23.4 Å². The average molecular weight is 286 g/mol. The van der Waals surface area contributed by atoms with Crippen LogP contribution in [0.1, 0.15) is 19.4 Å². The lowest BCUT2D eigenvalue weighted by atomic mass is 10.2. The van der Waals surface area contributed by atoms with Gasteiger partial charge >= 0.3 is 0 Å². The largest absolute Gasteiger partial charge is 0.355 e. The molecule has 0 aromatic carbocycles. The summed E-state index contributed by atoms with van der Waals surface area (Å²) in [6.45, 7) is 8.98. The summed E-state index contributed by atoms with van der Waals surface area (Å²) < 4.78 is 1.05. The highest BCUT2D eigenvalue weighted by molar-refractivity contribution is 9.10. The van der Waals surface area contributed by atoms with Crippen LogP contribution in [-0.4, -0.2) is 24.6 Å². The Morgan fingerprint density at radius 3 is 2.69 bits per heavy atom. The molecule has 0 spiro atoms. The fourth-order valence-corrected chi connectivity index (χ4v) is 1.81. The zero-order chi connectivity index (χ0) is 12.1. The van der Waals surface area contributed by atoms with Crippen molar-refractivity contribution in [2.45, 2.75) is 20.8 Å². The quantitative estimate of drug-likeness (QED) is 0.904. The van der Waals surface area contributed by atoms with Gasteiger partial charge in [0.2, 0.25) is 0 Å². The summed E-state index contributed by atoms with van der Waals surface area (Å²) in [5, 5.41) is 0. The minimum atomic E-state index is 0.609. The Morgan fingerprint density at radius 2 is 2.19 bits per heavy atom. The van der Waals surface area contributed by atoms with Crippen LogP contribution in [0.3, 0.4) is 0 Å². The van der Waals surface area contributed by atoms with Crippen LogP contribution in [0.4, 0.5) is 5.82 Å². The number of hydrogen-bond acceptors (Lipinski definition) is 3. The van der Waals surface area contributed by atoms with E-state index in [9.17, 15) is 0 Å². The molecule has 1 rings (SSSR count). The highest BCUT2D eigenvalue weighted by Crippen LogP contribution is 2.20. The van der Waals surface area contributed by atoms with Crippen molar-refractivity contribution in [1.82, 2.24) is 4.98 Å². The summed E-state index contributed by atoms with van der Waals surface area (Å²) in [4.78, 5) is 6.67. The molecule has 90 valence electrons. The third-order valence-electron chi connectivity index (χ3n) is 2.34. The van der Waals surface area contributed by atoms with E-state index in [1.54, 1.807) is 0 Å². The molecule has 0 aliphatic heterocycles. The number of aryl methyl sites for hydroxylation is 1. The van der Waals surface area contributed by atoms with Crippen LogP contribution in [0.2, 0.25) is 0 Å². The van der Waals surface area contributed by atoms with Gasteiger partial charge in [0.05, 0.1) is 0 Å². The first-order valence-electron chi connectivity index (χ1n) is 5.61. The first-order valence-corrected chi connectivity index (χ1v) is 6.41. The molecule has 0 unspecified atom stereocenters. The summed E-state index contributed by atoms with van der Waals surface area (Å²) in [6, 6.07) is 2.10. The number of halogens is 1. The predicted octanol–water partition coefficient (Wildman–Crippen LogP) is 2.57. The van der Waals surface area contributed by atoms with E-state index in [0.29, 0.717) is 12.5 Å². The van der Waals surface area contributed by atoms with Gasteiger partial charge in [0.15, 0.2) is 0 Å². The van der Waals surface area contributed by atoms with Crippen molar-refractivity contribution in [1.29, 1.82) is 0 Å². The number of anilines is 1. The molecule has 0 amide bonds. The Hall–Kier alpha value is -0.610. The van der Waals surface area contributed by atoms with E-state index < -0.39 is 0 Å². The third kappa shape index (κ3) is 3.76. The molecule has 3 nitrogen and oxygen atoms in total. The maximum absolute atomic E-state index is 5.63. The zero-order valence-corrected chi connectivity index (χ0v) is 11.8. The molecular weight excluding hydrogens is 266 g/mol. The van der Waals surface area contributed by atoms with E-state index >= 15 is 0 Å². The summed E-state index contributed by atoms with van der Waals surface area (Å²) in [7, 11) is 0. The van der Waals surface area contributed by atoms with Crippen molar-refractivity contribution in [2.75, 3.05) is 24.5 Å². The highest BCUT2D eigenvalue weighted by atomic mass is 79.9. The topological polar surface area (TPSA) is 42.1 Å². The summed E-state index contributed by atoms with van der Waals surface area (Å²) in [6.07, 6.45) is 1.86. The van der Waals surface area contributed by atoms with Gasteiger partial charge in [-0.1, -0.05) is 13.8 Å². The molecule has 0 aliphatic rings. The Morgan fingerprint density at radius 1 is 1.50 bits per heavy atom. The van der Waals surface area contributed by atoms with Gasteiger partial charge in [0, 0.05) is 30.3 Å². The minimum absolute atomic E-state index is 0.609. The second-order valence-corrected chi connectivity index (χ2v) is 5.27. The lowest BCUT2D eigenvalue weighted by molar-refractivity contribution is 0.607. The normalized spacial score (nSPS) is 10.9. The Bertz CT molecular complexity index is 339. The molecule has 0 fully saturated rings. The summed E-state index contributed by atoms with van der Waals surface area (Å²) in [5.41, 5.74) is 6.84. The molecule has 0 saturated carbocycles. The smallest absolute Gasteiger partial charge is 0.128 e. The van der Waals surface area contributed by atoms with Crippen molar-refractivity contribution in [3.63, 3.8) is 0 Å². The first kappa shape index (κ1) is 13.5. The molecule has 1 aromatic rings. The monoisotopic (exact) mass is 285 g/mol. The van der Waals surface area contributed by atoms with Gasteiger partial charge in [0.25, 0.3) is 0 Å². The van der Waals surface area contributed by atoms with Gasteiger partial charge in [-0.25, -0.2) is 4.98 Å². The van der Waals surface area contributed by atoms with Crippen molar-refractivity contribution >= 4 is 21.7 Å². The molecule has 1 heterocycles. The van der Waals surface area contributed by atoms with Crippen LogP contribution in [0.25, 0.3) is 0 Å². The summed E-state index contributed by atoms with van der Waals surface area (Å²) in [5.74, 6) is 1.62. The van der Waals surface area contributed by atoms with E-state index in [1.165, 1.54) is 5.56 Å². The second-order valence-electron chi connectivity index (χ2n) is 4.42. The lowest BCUT2D eigenvalue weighted by Crippen LogP contribution is -2.33. The average Bonchev–Trinajstić information content (AvgIpc) is 2.21. The van der Waals surface area contributed by atoms with E-state index in [-0.39, 0.29) is 0 Å². The number of rotatable bonds is 5. The van der Waals surface area contributed by atoms with Crippen molar-refractivity contribution in [3.8, 4) is 0 Å². The van der Waals surface area contributed by atoms with E-state index in [1.807, 2.05) is 6.20 Å². The minimum Gasteiger partial charge on any atom is -0.355 e. The molecule has 0 saturated heterocycles. The van der Waals surface area contributed by atoms with E-state index in [4.69, 9.17) is 5.73 Å². The lowest BCUT2D eigenvalue weighted by Gasteiger charge is -2.25. The van der Waals surface area contributed by atoms with Crippen molar-refractivity contribution < 1.29 is 0 Å². The van der Waals surface area contributed by atoms with Crippen LogP contribution < -0.4 is 10.6 Å². The molecule has 0 aliphatic carbocycles. The van der Waals surface area contributed by atoms with Crippen LogP contribution in [0.15, 0.2) is 16.7 Å². The van der Waals surface area contributed by atoms with Gasteiger partial charge in [-0.05, 0) is 40.4 Å². The fourth-order valence-electron chi connectivity index (χ4n) is 1.59. The molecule has 0 radical (unpaired) electrons. The molecule has 4 heteroatoms. The number of nitrogens with two attached hydrogens (primary N) is 1. The second kappa shape index (κ2) is 6.21. The SMILES string of the molecule is Cc1cc(N(CCN)CC(C)C)ncc1Br.